The van der Waals surface area contributed by atoms with Crippen molar-refractivity contribution >= 4 is 33.4 Å². The van der Waals surface area contributed by atoms with Gasteiger partial charge in [-0.05, 0) is 28.1 Å². The molecule has 1 heterocycles. The number of rotatable bonds is 2. The average molecular weight is 304 g/mol. The van der Waals surface area contributed by atoms with Crippen LogP contribution in [0.25, 0.3) is 0 Å². The van der Waals surface area contributed by atoms with Crippen LogP contribution in [0.3, 0.4) is 0 Å². The molecule has 1 amide bonds. The normalized spacial score (nSPS) is 15.7. The Morgan fingerprint density at radius 3 is 2.81 bits per heavy atom. The molecule has 1 aromatic rings. The number of carbonyl (C=O) groups excluding carboxylic acids is 1. The fourth-order valence-corrected chi connectivity index (χ4v) is 2.15. The summed E-state index contributed by atoms with van der Waals surface area (Å²) in [5.74, 6) is -0.0298. The second-order valence-electron chi connectivity index (χ2n) is 3.83. The van der Waals surface area contributed by atoms with Gasteiger partial charge < -0.3 is 10.2 Å². The number of amides is 1. The van der Waals surface area contributed by atoms with E-state index in [-0.39, 0.29) is 11.9 Å². The molecule has 1 aliphatic rings. The van der Waals surface area contributed by atoms with Crippen LogP contribution in [0.4, 0.5) is 0 Å². The van der Waals surface area contributed by atoms with Crippen molar-refractivity contribution in [2.24, 2.45) is 0 Å². The molecule has 0 aliphatic carbocycles. The number of benzene rings is 1. The van der Waals surface area contributed by atoms with Crippen molar-refractivity contribution in [3.63, 3.8) is 0 Å². The van der Waals surface area contributed by atoms with Crippen molar-refractivity contribution in [2.45, 2.75) is 6.04 Å². The summed E-state index contributed by atoms with van der Waals surface area (Å²) in [6.07, 6.45) is 0. The maximum absolute atomic E-state index is 12.1. The Morgan fingerprint density at radius 2 is 2.25 bits per heavy atom. The number of nitrogens with zero attached hydrogens (tertiary/aromatic N) is 1. The molecular weight excluding hydrogens is 291 g/mol. The van der Waals surface area contributed by atoms with Crippen molar-refractivity contribution < 1.29 is 4.79 Å². The third-order valence-electron chi connectivity index (χ3n) is 2.81. The highest BCUT2D eigenvalue weighted by Crippen LogP contribution is 2.27. The van der Waals surface area contributed by atoms with Crippen LogP contribution in [0.2, 0.25) is 5.02 Å². The van der Waals surface area contributed by atoms with E-state index in [9.17, 15) is 4.79 Å². The van der Waals surface area contributed by atoms with E-state index in [4.69, 9.17) is 11.6 Å². The second kappa shape index (κ2) is 4.73. The van der Waals surface area contributed by atoms with Gasteiger partial charge in [0.1, 0.15) is 0 Å². The SMILES string of the molecule is CN(C(=O)c1cccc(Br)c1Cl)C1CNC1. The Kier molecular flexibility index (Phi) is 3.52. The van der Waals surface area contributed by atoms with Gasteiger partial charge in [0.25, 0.3) is 5.91 Å². The molecule has 0 atom stereocenters. The molecule has 0 radical (unpaired) electrons. The molecule has 1 N–H and O–H groups in total. The summed E-state index contributed by atoms with van der Waals surface area (Å²) in [5.41, 5.74) is 0.547. The standard InChI is InChI=1S/C11H12BrClN2O/c1-15(7-5-14-6-7)11(16)8-3-2-4-9(12)10(8)13/h2-4,7,14H,5-6H2,1H3. The summed E-state index contributed by atoms with van der Waals surface area (Å²) >= 11 is 9.40. The van der Waals surface area contributed by atoms with E-state index >= 15 is 0 Å². The van der Waals surface area contributed by atoms with Gasteiger partial charge in [-0.1, -0.05) is 17.7 Å². The van der Waals surface area contributed by atoms with Crippen LogP contribution in [0, 0.1) is 0 Å². The van der Waals surface area contributed by atoms with Gasteiger partial charge in [-0.3, -0.25) is 4.79 Å². The van der Waals surface area contributed by atoms with Gasteiger partial charge in [0.2, 0.25) is 0 Å². The van der Waals surface area contributed by atoms with Crippen molar-refractivity contribution in [3.05, 3.63) is 33.3 Å². The number of hydrogen-bond acceptors (Lipinski definition) is 2. The highest BCUT2D eigenvalue weighted by atomic mass is 79.9. The lowest BCUT2D eigenvalue weighted by molar-refractivity contribution is 0.0681. The first-order valence-corrected chi connectivity index (χ1v) is 6.20. The van der Waals surface area contributed by atoms with E-state index in [1.54, 1.807) is 11.0 Å². The number of halogens is 2. The third kappa shape index (κ3) is 2.10. The summed E-state index contributed by atoms with van der Waals surface area (Å²) in [6, 6.07) is 5.67. The van der Waals surface area contributed by atoms with E-state index in [1.165, 1.54) is 0 Å². The Bertz CT molecular complexity index is 420. The topological polar surface area (TPSA) is 32.3 Å². The molecule has 1 aliphatic heterocycles. The largest absolute Gasteiger partial charge is 0.336 e. The molecule has 5 heteroatoms. The quantitative estimate of drug-likeness (QED) is 0.908. The molecule has 0 unspecified atom stereocenters. The molecule has 0 spiro atoms. The smallest absolute Gasteiger partial charge is 0.255 e. The highest BCUT2D eigenvalue weighted by molar-refractivity contribution is 9.10. The van der Waals surface area contributed by atoms with Gasteiger partial charge in [-0.25, -0.2) is 0 Å². The molecular formula is C11H12BrClN2O. The first kappa shape index (κ1) is 11.9. The van der Waals surface area contributed by atoms with Gasteiger partial charge in [-0.15, -0.1) is 0 Å². The lowest BCUT2D eigenvalue weighted by Gasteiger charge is -2.35. The zero-order valence-electron chi connectivity index (χ0n) is 8.84. The minimum atomic E-state index is -0.0298. The van der Waals surface area contributed by atoms with Gasteiger partial charge in [0, 0.05) is 24.6 Å². The zero-order chi connectivity index (χ0) is 11.7. The van der Waals surface area contributed by atoms with Crippen molar-refractivity contribution in [1.82, 2.24) is 10.2 Å². The van der Waals surface area contributed by atoms with E-state index in [2.05, 4.69) is 21.2 Å². The van der Waals surface area contributed by atoms with Crippen LogP contribution in [0.5, 0.6) is 0 Å². The molecule has 1 saturated heterocycles. The fourth-order valence-electron chi connectivity index (χ4n) is 1.57. The molecule has 86 valence electrons. The number of nitrogens with one attached hydrogen (secondary N) is 1. The summed E-state index contributed by atoms with van der Waals surface area (Å²) in [5, 5.41) is 3.62. The number of likely N-dealkylation sites (N-methyl/N-ethyl adjacent to an activating group) is 1. The van der Waals surface area contributed by atoms with Crippen LogP contribution < -0.4 is 5.32 Å². The Hall–Kier alpha value is -0.580. The number of carbonyl (C=O) groups is 1. The van der Waals surface area contributed by atoms with Crippen LogP contribution in [-0.4, -0.2) is 37.0 Å². The maximum Gasteiger partial charge on any atom is 0.255 e. The highest BCUT2D eigenvalue weighted by Gasteiger charge is 2.27. The van der Waals surface area contributed by atoms with Gasteiger partial charge in [-0.2, -0.15) is 0 Å². The summed E-state index contributed by atoms with van der Waals surface area (Å²) < 4.78 is 0.750. The molecule has 0 aromatic heterocycles. The predicted octanol–water partition coefficient (Wildman–Crippen LogP) is 2.15. The molecule has 0 saturated carbocycles. The molecule has 1 aromatic carbocycles. The van der Waals surface area contributed by atoms with Crippen molar-refractivity contribution in [3.8, 4) is 0 Å². The molecule has 1 fully saturated rings. The summed E-state index contributed by atoms with van der Waals surface area (Å²) in [7, 11) is 1.81. The van der Waals surface area contributed by atoms with Crippen molar-refractivity contribution in [2.75, 3.05) is 20.1 Å². The van der Waals surface area contributed by atoms with E-state index in [1.807, 2.05) is 19.2 Å². The van der Waals surface area contributed by atoms with Gasteiger partial charge in [0.05, 0.1) is 16.6 Å². The third-order valence-corrected chi connectivity index (χ3v) is 4.11. The van der Waals surface area contributed by atoms with Gasteiger partial charge >= 0.3 is 0 Å². The molecule has 0 bridgehead atoms. The van der Waals surface area contributed by atoms with E-state index in [0.29, 0.717) is 10.6 Å². The van der Waals surface area contributed by atoms with E-state index < -0.39 is 0 Å². The Morgan fingerprint density at radius 1 is 1.56 bits per heavy atom. The minimum absolute atomic E-state index is 0.0298. The van der Waals surface area contributed by atoms with E-state index in [0.717, 1.165) is 17.6 Å². The maximum atomic E-state index is 12.1. The van der Waals surface area contributed by atoms with Crippen LogP contribution in [0.1, 0.15) is 10.4 Å². The Labute approximate surface area is 108 Å². The molecule has 2 rings (SSSR count). The van der Waals surface area contributed by atoms with Gasteiger partial charge in [0.15, 0.2) is 0 Å². The first-order chi connectivity index (χ1) is 7.61. The second-order valence-corrected chi connectivity index (χ2v) is 5.06. The average Bonchev–Trinajstić information content (AvgIpc) is 2.18. The summed E-state index contributed by atoms with van der Waals surface area (Å²) in [6.45, 7) is 1.71. The van der Waals surface area contributed by atoms with Crippen LogP contribution >= 0.6 is 27.5 Å². The lowest BCUT2D eigenvalue weighted by Crippen LogP contribution is -2.57. The van der Waals surface area contributed by atoms with Crippen molar-refractivity contribution in [1.29, 1.82) is 0 Å². The monoisotopic (exact) mass is 302 g/mol. The van der Waals surface area contributed by atoms with Crippen LogP contribution in [0.15, 0.2) is 22.7 Å². The number of hydrogen-bond donors (Lipinski definition) is 1. The predicted molar refractivity (Wildman–Crippen MR) is 67.9 cm³/mol. The fraction of sp³-hybridized carbons (Fsp3) is 0.364. The Balaban J connectivity index is 2.22. The minimum Gasteiger partial charge on any atom is -0.336 e. The first-order valence-electron chi connectivity index (χ1n) is 5.03. The molecule has 16 heavy (non-hydrogen) atoms. The summed E-state index contributed by atoms with van der Waals surface area (Å²) in [4.78, 5) is 13.9. The van der Waals surface area contributed by atoms with Crippen LogP contribution in [-0.2, 0) is 0 Å². The lowest BCUT2D eigenvalue weighted by atomic mass is 10.1. The zero-order valence-corrected chi connectivity index (χ0v) is 11.2. The molecule has 3 nitrogen and oxygen atoms in total.